The van der Waals surface area contributed by atoms with Crippen LogP contribution in [0.3, 0.4) is 0 Å². The van der Waals surface area contributed by atoms with E-state index in [1.54, 1.807) is 61.7 Å². The van der Waals surface area contributed by atoms with Crippen molar-refractivity contribution in [3.05, 3.63) is 77.7 Å². The van der Waals surface area contributed by atoms with Crippen LogP contribution in [0.15, 0.2) is 65.3 Å². The summed E-state index contributed by atoms with van der Waals surface area (Å²) >= 11 is 0. The number of amides is 2. The molecule has 0 radical (unpaired) electrons. The summed E-state index contributed by atoms with van der Waals surface area (Å²) in [6.45, 7) is 2.51. The molecule has 0 fully saturated rings. The third-order valence-electron chi connectivity index (χ3n) is 4.21. The van der Waals surface area contributed by atoms with Crippen molar-refractivity contribution in [2.75, 3.05) is 25.6 Å². The Morgan fingerprint density at radius 3 is 2.45 bits per heavy atom. The lowest BCUT2D eigenvalue weighted by Gasteiger charge is -2.11. The minimum Gasteiger partial charge on any atom is -0.497 e. The van der Waals surface area contributed by atoms with Crippen molar-refractivity contribution in [1.29, 1.82) is 0 Å². The minimum atomic E-state index is -0.372. The zero-order valence-corrected chi connectivity index (χ0v) is 16.2. The van der Waals surface area contributed by atoms with Crippen LogP contribution in [-0.4, -0.2) is 32.1 Å². The van der Waals surface area contributed by atoms with E-state index in [1.165, 1.54) is 6.26 Å². The van der Waals surface area contributed by atoms with Gasteiger partial charge in [-0.3, -0.25) is 9.59 Å². The van der Waals surface area contributed by atoms with E-state index >= 15 is 0 Å². The summed E-state index contributed by atoms with van der Waals surface area (Å²) in [4.78, 5) is 24.6. The van der Waals surface area contributed by atoms with E-state index in [9.17, 15) is 9.59 Å². The number of hydrogen-bond acceptors (Lipinski definition) is 5. The van der Waals surface area contributed by atoms with Gasteiger partial charge in [0.2, 0.25) is 0 Å². The molecule has 3 rings (SSSR count). The standard InChI is InChI=1S/C22H22N2O5/c1-15-5-6-16(14-19(15)24-22(26)20-4-3-12-29-20)21(25)23-11-13-28-18-9-7-17(27-2)8-10-18/h3-10,12,14H,11,13H2,1-2H3,(H,23,25)(H,24,26). The number of rotatable bonds is 8. The molecule has 0 aliphatic rings. The maximum atomic E-state index is 12.4. The van der Waals surface area contributed by atoms with E-state index in [0.717, 1.165) is 11.3 Å². The molecule has 1 aromatic heterocycles. The zero-order chi connectivity index (χ0) is 20.6. The molecule has 0 bridgehead atoms. The summed E-state index contributed by atoms with van der Waals surface area (Å²) in [6.07, 6.45) is 1.43. The second kappa shape index (κ2) is 9.45. The van der Waals surface area contributed by atoms with Crippen molar-refractivity contribution in [2.24, 2.45) is 0 Å². The van der Waals surface area contributed by atoms with Gasteiger partial charge >= 0.3 is 0 Å². The minimum absolute atomic E-state index is 0.204. The SMILES string of the molecule is COc1ccc(OCCNC(=O)c2ccc(C)c(NC(=O)c3ccco3)c2)cc1. The van der Waals surface area contributed by atoms with Gasteiger partial charge in [0.05, 0.1) is 19.9 Å². The van der Waals surface area contributed by atoms with Gasteiger partial charge in [-0.05, 0) is 61.0 Å². The van der Waals surface area contributed by atoms with Gasteiger partial charge < -0.3 is 24.5 Å². The molecule has 0 unspecified atom stereocenters. The number of ether oxygens (including phenoxy) is 2. The number of nitrogens with one attached hydrogen (secondary N) is 2. The van der Waals surface area contributed by atoms with E-state index in [4.69, 9.17) is 13.9 Å². The van der Waals surface area contributed by atoms with Gasteiger partial charge in [0.1, 0.15) is 18.1 Å². The van der Waals surface area contributed by atoms with E-state index in [1.807, 2.05) is 6.92 Å². The van der Waals surface area contributed by atoms with Crippen molar-refractivity contribution in [1.82, 2.24) is 5.32 Å². The fourth-order valence-electron chi connectivity index (χ4n) is 2.60. The van der Waals surface area contributed by atoms with E-state index in [2.05, 4.69) is 10.6 Å². The Balaban J connectivity index is 1.52. The van der Waals surface area contributed by atoms with Gasteiger partial charge in [0.25, 0.3) is 11.8 Å². The van der Waals surface area contributed by atoms with Crippen molar-refractivity contribution < 1.29 is 23.5 Å². The van der Waals surface area contributed by atoms with Crippen LogP contribution in [-0.2, 0) is 0 Å². The topological polar surface area (TPSA) is 89.8 Å². The number of anilines is 1. The lowest BCUT2D eigenvalue weighted by atomic mass is 10.1. The Morgan fingerprint density at radius 1 is 1.00 bits per heavy atom. The molecule has 7 heteroatoms. The molecule has 3 aromatic rings. The summed E-state index contributed by atoms with van der Waals surface area (Å²) in [5, 5.41) is 5.56. The van der Waals surface area contributed by atoms with Crippen LogP contribution in [0.25, 0.3) is 0 Å². The van der Waals surface area contributed by atoms with Gasteiger partial charge in [-0.25, -0.2) is 0 Å². The van der Waals surface area contributed by atoms with Crippen LogP contribution in [0.4, 0.5) is 5.69 Å². The third kappa shape index (κ3) is 5.38. The first-order valence-electron chi connectivity index (χ1n) is 9.07. The second-order valence-corrected chi connectivity index (χ2v) is 6.24. The summed E-state index contributed by atoms with van der Waals surface area (Å²) in [5.41, 5.74) is 1.83. The van der Waals surface area contributed by atoms with Gasteiger partial charge in [0, 0.05) is 11.3 Å². The highest BCUT2D eigenvalue weighted by molar-refractivity contribution is 6.03. The molecular formula is C22H22N2O5. The highest BCUT2D eigenvalue weighted by Crippen LogP contribution is 2.19. The van der Waals surface area contributed by atoms with Crippen LogP contribution in [0.5, 0.6) is 11.5 Å². The Bertz CT molecular complexity index is 965. The van der Waals surface area contributed by atoms with E-state index < -0.39 is 0 Å². The van der Waals surface area contributed by atoms with Gasteiger partial charge in [-0.2, -0.15) is 0 Å². The van der Waals surface area contributed by atoms with Gasteiger partial charge in [-0.15, -0.1) is 0 Å². The summed E-state index contributed by atoms with van der Waals surface area (Å²) in [6, 6.07) is 15.5. The molecule has 0 aliphatic heterocycles. The Morgan fingerprint density at radius 2 is 1.76 bits per heavy atom. The van der Waals surface area contributed by atoms with Crippen LogP contribution in [0, 0.1) is 6.92 Å². The smallest absolute Gasteiger partial charge is 0.291 e. The summed E-state index contributed by atoms with van der Waals surface area (Å²) < 4.78 is 15.8. The normalized spacial score (nSPS) is 10.3. The average molecular weight is 394 g/mol. The second-order valence-electron chi connectivity index (χ2n) is 6.24. The number of carbonyl (C=O) groups excluding carboxylic acids is 2. The molecular weight excluding hydrogens is 372 g/mol. The molecule has 1 heterocycles. The Hall–Kier alpha value is -3.74. The highest BCUT2D eigenvalue weighted by Gasteiger charge is 2.13. The zero-order valence-electron chi connectivity index (χ0n) is 16.2. The number of aryl methyl sites for hydroxylation is 1. The molecule has 29 heavy (non-hydrogen) atoms. The molecule has 2 amide bonds. The monoisotopic (exact) mass is 394 g/mol. The maximum Gasteiger partial charge on any atom is 0.291 e. The van der Waals surface area contributed by atoms with Crippen LogP contribution in [0.1, 0.15) is 26.5 Å². The van der Waals surface area contributed by atoms with Crippen molar-refractivity contribution in [3.8, 4) is 11.5 Å². The first-order valence-corrected chi connectivity index (χ1v) is 9.07. The molecule has 0 aliphatic carbocycles. The fraction of sp³-hybridized carbons (Fsp3) is 0.182. The van der Waals surface area contributed by atoms with E-state index in [0.29, 0.717) is 30.2 Å². The Labute approximate surface area is 168 Å². The van der Waals surface area contributed by atoms with Crippen molar-refractivity contribution in [3.63, 3.8) is 0 Å². The number of benzene rings is 2. The van der Waals surface area contributed by atoms with Crippen molar-refractivity contribution >= 4 is 17.5 Å². The van der Waals surface area contributed by atoms with Crippen LogP contribution < -0.4 is 20.1 Å². The summed E-state index contributed by atoms with van der Waals surface area (Å²) in [5.74, 6) is 1.02. The summed E-state index contributed by atoms with van der Waals surface area (Å²) in [7, 11) is 1.60. The Kier molecular flexibility index (Phi) is 6.52. The van der Waals surface area contributed by atoms with Gasteiger partial charge in [0.15, 0.2) is 5.76 Å². The van der Waals surface area contributed by atoms with Crippen molar-refractivity contribution in [2.45, 2.75) is 6.92 Å². The number of methoxy groups -OCH3 is 1. The molecule has 0 saturated carbocycles. The number of hydrogen-bond donors (Lipinski definition) is 2. The fourth-order valence-corrected chi connectivity index (χ4v) is 2.60. The van der Waals surface area contributed by atoms with Crippen LogP contribution >= 0.6 is 0 Å². The lowest BCUT2D eigenvalue weighted by Crippen LogP contribution is -2.28. The lowest BCUT2D eigenvalue weighted by molar-refractivity contribution is 0.0945. The predicted molar refractivity (Wildman–Crippen MR) is 109 cm³/mol. The quantitative estimate of drug-likeness (QED) is 0.569. The third-order valence-corrected chi connectivity index (χ3v) is 4.21. The number of carbonyl (C=O) groups is 2. The first-order chi connectivity index (χ1) is 14.1. The molecule has 2 N–H and O–H groups in total. The first kappa shape index (κ1) is 20.0. The highest BCUT2D eigenvalue weighted by atomic mass is 16.5. The van der Waals surface area contributed by atoms with E-state index in [-0.39, 0.29) is 17.6 Å². The molecule has 150 valence electrons. The van der Waals surface area contributed by atoms with Crippen LogP contribution in [0.2, 0.25) is 0 Å². The largest absolute Gasteiger partial charge is 0.497 e. The molecule has 0 saturated heterocycles. The molecule has 0 atom stereocenters. The maximum absolute atomic E-state index is 12.4. The average Bonchev–Trinajstić information content (AvgIpc) is 3.28. The number of furan rings is 1. The molecule has 2 aromatic carbocycles. The van der Waals surface area contributed by atoms with Gasteiger partial charge in [-0.1, -0.05) is 6.07 Å². The molecule has 0 spiro atoms. The predicted octanol–water partition coefficient (Wildman–Crippen LogP) is 3.66. The molecule has 7 nitrogen and oxygen atoms in total.